The molecule has 2 N–H and O–H groups in total. The van der Waals surface area contributed by atoms with E-state index in [2.05, 4.69) is 0 Å². The lowest BCUT2D eigenvalue weighted by Gasteiger charge is -2.16. The number of hydrogen-bond donors (Lipinski definition) is 2. The van der Waals surface area contributed by atoms with Gasteiger partial charge in [0.2, 0.25) is 0 Å². The predicted octanol–water partition coefficient (Wildman–Crippen LogP) is 3.84. The van der Waals surface area contributed by atoms with Gasteiger partial charge in [-0.25, -0.2) is 9.59 Å². The van der Waals surface area contributed by atoms with Crippen molar-refractivity contribution in [2.24, 2.45) is 5.92 Å². The first-order chi connectivity index (χ1) is 11.2. The zero-order valence-electron chi connectivity index (χ0n) is 15.7. The summed E-state index contributed by atoms with van der Waals surface area (Å²) in [4.78, 5) is 23.0. The molecule has 0 aliphatic carbocycles. The summed E-state index contributed by atoms with van der Waals surface area (Å²) in [6.07, 6.45) is 1.84. The molecule has 1 aromatic carbocycles. The maximum absolute atomic E-state index is 11.6. The van der Waals surface area contributed by atoms with E-state index in [0.29, 0.717) is 12.8 Å². The van der Waals surface area contributed by atoms with Gasteiger partial charge in [-0.1, -0.05) is 51.6 Å². The lowest BCUT2D eigenvalue weighted by molar-refractivity contribution is 0.0650. The number of benzene rings is 1. The summed E-state index contributed by atoms with van der Waals surface area (Å²) in [5, 5.41) is 18.7. The second-order valence-electron chi connectivity index (χ2n) is 4.63. The Hall–Kier alpha value is -1.84. The van der Waals surface area contributed by atoms with Gasteiger partial charge in [-0.15, -0.1) is 0 Å². The van der Waals surface area contributed by atoms with Crippen LogP contribution in [-0.4, -0.2) is 22.2 Å². The van der Waals surface area contributed by atoms with E-state index in [-0.39, 0.29) is 11.5 Å². The summed E-state index contributed by atoms with van der Waals surface area (Å²) in [6.45, 7) is 3.84. The van der Waals surface area contributed by atoms with Gasteiger partial charge >= 0.3 is 11.9 Å². The van der Waals surface area contributed by atoms with E-state index >= 15 is 0 Å². The molecule has 0 amide bonds. The zero-order valence-corrected chi connectivity index (χ0v) is 11.7. The van der Waals surface area contributed by atoms with Crippen LogP contribution in [0.2, 0.25) is 0 Å². The number of rotatable bonds is 8. The van der Waals surface area contributed by atoms with Gasteiger partial charge in [0, 0.05) is 1.37 Å². The van der Waals surface area contributed by atoms with Crippen LogP contribution in [0.15, 0.2) is 18.1 Å². The van der Waals surface area contributed by atoms with E-state index in [1.54, 1.807) is 0 Å². The summed E-state index contributed by atoms with van der Waals surface area (Å²) in [5.74, 6) is -3.47. The molecular weight excluding hydrogens is 256 g/mol. The molecule has 0 aliphatic heterocycles. The van der Waals surface area contributed by atoms with Crippen molar-refractivity contribution >= 4 is 11.9 Å². The standard InChI is InChI=1S/C16H22O4/c1-3-5-7-11(4-2)10-12-8-6-9-13(15(17)18)14(12)16(19)20/h6,8-9,11H,3-5,7,10H2,1-2H3,(H,17,18)(H,19,20)/i6D,8D,9D,10D. The third kappa shape index (κ3) is 4.08. The van der Waals surface area contributed by atoms with E-state index in [1.165, 1.54) is 0 Å². The van der Waals surface area contributed by atoms with Crippen LogP contribution in [0.1, 0.15) is 71.3 Å². The fourth-order valence-corrected chi connectivity index (χ4v) is 2.04. The molecule has 0 saturated carbocycles. The third-order valence-corrected chi connectivity index (χ3v) is 3.19. The first-order valence-electron chi connectivity index (χ1n) is 8.79. The molecule has 0 fully saturated rings. The number of aromatic carboxylic acids is 2. The lowest BCUT2D eigenvalue weighted by atomic mass is 9.88. The molecule has 0 bridgehead atoms. The van der Waals surface area contributed by atoms with Gasteiger partial charge in [-0.05, 0) is 23.9 Å². The summed E-state index contributed by atoms with van der Waals surface area (Å²) in [5.41, 5.74) is -1.80. The van der Waals surface area contributed by atoms with Crippen LogP contribution >= 0.6 is 0 Å². The lowest BCUT2D eigenvalue weighted by Crippen LogP contribution is -2.14. The van der Waals surface area contributed by atoms with E-state index in [0.717, 1.165) is 12.8 Å². The SMILES string of the molecule is [2H]c1c([2H])c(C(=O)O)c(C(=O)O)c(C([2H])C(CC)CCCC)c1[2H]. The van der Waals surface area contributed by atoms with Gasteiger partial charge in [0.25, 0.3) is 0 Å². The molecular formula is C16H22O4. The van der Waals surface area contributed by atoms with E-state index in [4.69, 9.17) is 5.48 Å². The van der Waals surface area contributed by atoms with Crippen molar-refractivity contribution in [2.45, 2.75) is 45.9 Å². The third-order valence-electron chi connectivity index (χ3n) is 3.19. The number of hydrogen-bond acceptors (Lipinski definition) is 2. The van der Waals surface area contributed by atoms with E-state index in [9.17, 15) is 19.8 Å². The van der Waals surface area contributed by atoms with Gasteiger partial charge in [-0.2, -0.15) is 0 Å². The van der Waals surface area contributed by atoms with Crippen molar-refractivity contribution in [1.29, 1.82) is 0 Å². The van der Waals surface area contributed by atoms with Crippen LogP contribution in [0, 0.1) is 5.92 Å². The van der Waals surface area contributed by atoms with Crippen molar-refractivity contribution in [3.8, 4) is 0 Å². The first kappa shape index (κ1) is 10.9. The molecule has 4 nitrogen and oxygen atoms in total. The van der Waals surface area contributed by atoms with Crippen molar-refractivity contribution in [2.75, 3.05) is 0 Å². The van der Waals surface area contributed by atoms with Crippen molar-refractivity contribution < 1.29 is 25.3 Å². The fourth-order valence-electron chi connectivity index (χ4n) is 2.04. The minimum atomic E-state index is -1.64. The number of unbranched alkanes of at least 4 members (excludes halogenated alkanes) is 1. The van der Waals surface area contributed by atoms with Crippen LogP contribution < -0.4 is 0 Å². The molecule has 0 spiro atoms. The molecule has 0 heterocycles. The fraction of sp³-hybridized carbons (Fsp3) is 0.500. The van der Waals surface area contributed by atoms with Crippen LogP contribution in [0.3, 0.4) is 0 Å². The highest BCUT2D eigenvalue weighted by molar-refractivity contribution is 6.02. The number of carboxylic acid groups (broad SMARTS) is 2. The average molecular weight is 282 g/mol. The second-order valence-corrected chi connectivity index (χ2v) is 4.63. The molecule has 0 radical (unpaired) electrons. The molecule has 0 aromatic heterocycles. The molecule has 2 unspecified atom stereocenters. The normalized spacial score (nSPS) is 16.5. The Labute approximate surface area is 125 Å². The summed E-state index contributed by atoms with van der Waals surface area (Å²) in [6, 6.07) is -2.00. The van der Waals surface area contributed by atoms with Crippen LogP contribution in [0.4, 0.5) is 0 Å². The highest BCUT2D eigenvalue weighted by Gasteiger charge is 2.21. The minimum Gasteiger partial charge on any atom is -0.478 e. The van der Waals surface area contributed by atoms with Crippen LogP contribution in [0.5, 0.6) is 0 Å². The number of carboxylic acids is 2. The predicted molar refractivity (Wildman–Crippen MR) is 77.4 cm³/mol. The highest BCUT2D eigenvalue weighted by Crippen LogP contribution is 2.23. The summed E-state index contributed by atoms with van der Waals surface area (Å²) in [7, 11) is 0. The van der Waals surface area contributed by atoms with Crippen molar-refractivity contribution in [3.63, 3.8) is 0 Å². The smallest absolute Gasteiger partial charge is 0.336 e. The molecule has 1 aromatic rings. The highest BCUT2D eigenvalue weighted by atomic mass is 16.4. The Morgan fingerprint density at radius 3 is 2.50 bits per heavy atom. The maximum atomic E-state index is 11.6. The Bertz CT molecular complexity index is 646. The average Bonchev–Trinajstić information content (AvgIpc) is 2.52. The molecule has 1 rings (SSSR count). The molecule has 0 saturated heterocycles. The maximum Gasteiger partial charge on any atom is 0.336 e. The van der Waals surface area contributed by atoms with E-state index < -0.39 is 47.6 Å². The van der Waals surface area contributed by atoms with Gasteiger partial charge in [0.1, 0.15) is 0 Å². The Morgan fingerprint density at radius 2 is 2.00 bits per heavy atom. The first-order valence-corrected chi connectivity index (χ1v) is 6.71. The van der Waals surface area contributed by atoms with E-state index in [1.807, 2.05) is 13.8 Å². The quantitative estimate of drug-likeness (QED) is 0.759. The van der Waals surface area contributed by atoms with Gasteiger partial charge in [-0.3, -0.25) is 0 Å². The molecule has 110 valence electrons. The Morgan fingerprint density at radius 1 is 1.30 bits per heavy atom. The van der Waals surface area contributed by atoms with Crippen LogP contribution in [0.25, 0.3) is 0 Å². The monoisotopic (exact) mass is 282 g/mol. The van der Waals surface area contributed by atoms with Crippen molar-refractivity contribution in [3.05, 3.63) is 34.8 Å². The summed E-state index contributed by atoms with van der Waals surface area (Å²) < 4.78 is 31.9. The van der Waals surface area contributed by atoms with Gasteiger partial charge < -0.3 is 10.2 Å². The Kier molecular flexibility index (Phi) is 4.18. The largest absolute Gasteiger partial charge is 0.478 e. The van der Waals surface area contributed by atoms with Crippen LogP contribution in [-0.2, 0) is 6.40 Å². The number of carbonyl (C=O) groups is 2. The summed E-state index contributed by atoms with van der Waals surface area (Å²) >= 11 is 0. The second kappa shape index (κ2) is 7.68. The van der Waals surface area contributed by atoms with Gasteiger partial charge in [0.05, 0.1) is 15.2 Å². The molecule has 2 atom stereocenters. The molecule has 0 aliphatic rings. The topological polar surface area (TPSA) is 74.6 Å². The zero-order chi connectivity index (χ0) is 18.6. The molecule has 20 heavy (non-hydrogen) atoms. The van der Waals surface area contributed by atoms with Crippen molar-refractivity contribution in [1.82, 2.24) is 0 Å². The minimum absolute atomic E-state index is 0.246. The Balaban J connectivity index is 3.67. The van der Waals surface area contributed by atoms with Gasteiger partial charge in [0.15, 0.2) is 0 Å². The molecule has 4 heteroatoms.